The van der Waals surface area contributed by atoms with Crippen LogP contribution in [0.25, 0.3) is 0 Å². The van der Waals surface area contributed by atoms with Gasteiger partial charge >= 0.3 is 0 Å². The third kappa shape index (κ3) is 7.32. The van der Waals surface area contributed by atoms with E-state index in [-0.39, 0.29) is 18.2 Å². The summed E-state index contributed by atoms with van der Waals surface area (Å²) in [6.07, 6.45) is 1.09. The van der Waals surface area contributed by atoms with Crippen molar-refractivity contribution in [3.05, 3.63) is 101 Å². The lowest BCUT2D eigenvalue weighted by molar-refractivity contribution is -0.142. The molecule has 2 amide bonds. The minimum Gasteiger partial charge on any atom is -0.481 e. The zero-order valence-corrected chi connectivity index (χ0v) is 19.8. The van der Waals surface area contributed by atoms with E-state index in [1.165, 1.54) is 17.0 Å². The molecule has 0 aromatic heterocycles. The van der Waals surface area contributed by atoms with Crippen LogP contribution in [0.4, 0.5) is 4.39 Å². The number of rotatable bonds is 11. The molecule has 1 N–H and O–H groups in total. The Balaban J connectivity index is 1.90. The van der Waals surface area contributed by atoms with Gasteiger partial charge in [0.1, 0.15) is 6.04 Å². The molecule has 0 heterocycles. The third-order valence-electron chi connectivity index (χ3n) is 5.25. The molecule has 0 aliphatic carbocycles. The van der Waals surface area contributed by atoms with Gasteiger partial charge in [-0.25, -0.2) is 4.39 Å². The maximum absolute atomic E-state index is 14.0. The number of nitrogens with one attached hydrogen (secondary N) is 1. The molecular weight excluding hydrogens is 455 g/mol. The van der Waals surface area contributed by atoms with Crippen LogP contribution in [-0.2, 0) is 22.6 Å². The zero-order chi connectivity index (χ0) is 24.3. The standard InChI is InChI=1S/C27H28ClFN2O3/c1-2-15-30-27(33)24(17-20-9-4-3-5-10-20)31(18-21-11-8-12-22(28)16-21)26(32)19-34-25-14-7-6-13-23(25)29/h3-14,16,24H,2,15,17-19H2,1H3,(H,30,33). The summed E-state index contributed by atoms with van der Waals surface area (Å²) < 4.78 is 19.5. The van der Waals surface area contributed by atoms with E-state index in [2.05, 4.69) is 5.32 Å². The maximum Gasteiger partial charge on any atom is 0.261 e. The monoisotopic (exact) mass is 482 g/mol. The van der Waals surface area contributed by atoms with Crippen molar-refractivity contribution in [2.75, 3.05) is 13.2 Å². The molecular formula is C27H28ClFN2O3. The SMILES string of the molecule is CCCNC(=O)C(Cc1ccccc1)N(Cc1cccc(Cl)c1)C(=O)COc1ccccc1F. The van der Waals surface area contributed by atoms with E-state index in [0.29, 0.717) is 18.0 Å². The number of carbonyl (C=O) groups is 2. The average Bonchev–Trinajstić information content (AvgIpc) is 2.84. The third-order valence-corrected chi connectivity index (χ3v) is 5.49. The molecule has 178 valence electrons. The topological polar surface area (TPSA) is 58.6 Å². The van der Waals surface area contributed by atoms with Gasteiger partial charge in [0, 0.05) is 24.5 Å². The minimum atomic E-state index is -0.787. The molecule has 0 saturated heterocycles. The summed E-state index contributed by atoms with van der Waals surface area (Å²) in [5, 5.41) is 3.44. The van der Waals surface area contributed by atoms with Gasteiger partial charge in [-0.15, -0.1) is 0 Å². The summed E-state index contributed by atoms with van der Waals surface area (Å²) in [5.74, 6) is -1.27. The quantitative estimate of drug-likeness (QED) is 0.417. The van der Waals surface area contributed by atoms with Gasteiger partial charge in [0.25, 0.3) is 5.91 Å². The van der Waals surface area contributed by atoms with Crippen molar-refractivity contribution >= 4 is 23.4 Å². The van der Waals surface area contributed by atoms with Crippen LogP contribution >= 0.6 is 11.6 Å². The molecule has 0 fully saturated rings. The molecule has 3 rings (SSSR count). The smallest absolute Gasteiger partial charge is 0.261 e. The Kier molecular flexibility index (Phi) is 9.47. The molecule has 0 saturated carbocycles. The summed E-state index contributed by atoms with van der Waals surface area (Å²) >= 11 is 6.16. The van der Waals surface area contributed by atoms with Crippen molar-refractivity contribution in [3.8, 4) is 5.75 Å². The number of ether oxygens (including phenoxy) is 1. The summed E-state index contributed by atoms with van der Waals surface area (Å²) in [5.41, 5.74) is 1.69. The van der Waals surface area contributed by atoms with Gasteiger partial charge < -0.3 is 15.0 Å². The van der Waals surface area contributed by atoms with E-state index in [9.17, 15) is 14.0 Å². The number of amides is 2. The first-order chi connectivity index (χ1) is 16.5. The number of carbonyl (C=O) groups excluding carboxylic acids is 2. The first-order valence-electron chi connectivity index (χ1n) is 11.2. The molecule has 0 aliphatic rings. The Morgan fingerprint density at radius 3 is 2.41 bits per heavy atom. The first kappa shape index (κ1) is 25.2. The van der Waals surface area contributed by atoms with Crippen molar-refractivity contribution in [1.82, 2.24) is 10.2 Å². The molecule has 1 atom stereocenters. The second kappa shape index (κ2) is 12.8. The van der Waals surface area contributed by atoms with Crippen LogP contribution in [0, 0.1) is 5.82 Å². The van der Waals surface area contributed by atoms with Crippen LogP contribution < -0.4 is 10.1 Å². The summed E-state index contributed by atoms with van der Waals surface area (Å²) in [6.45, 7) is 2.20. The lowest BCUT2D eigenvalue weighted by atomic mass is 10.0. The second-order valence-electron chi connectivity index (χ2n) is 7.87. The minimum absolute atomic E-state index is 0.0198. The highest BCUT2D eigenvalue weighted by molar-refractivity contribution is 6.30. The molecule has 0 radical (unpaired) electrons. The number of benzene rings is 3. The van der Waals surface area contributed by atoms with Crippen LogP contribution in [0.5, 0.6) is 5.75 Å². The summed E-state index contributed by atoms with van der Waals surface area (Å²) in [4.78, 5) is 28.1. The van der Waals surface area contributed by atoms with Gasteiger partial charge in [-0.3, -0.25) is 9.59 Å². The van der Waals surface area contributed by atoms with Crippen LogP contribution in [-0.4, -0.2) is 35.9 Å². The van der Waals surface area contributed by atoms with Gasteiger partial charge in [-0.05, 0) is 41.8 Å². The van der Waals surface area contributed by atoms with E-state index >= 15 is 0 Å². The molecule has 3 aromatic carbocycles. The van der Waals surface area contributed by atoms with Gasteiger partial charge in [-0.2, -0.15) is 0 Å². The molecule has 0 aliphatic heterocycles. The highest BCUT2D eigenvalue weighted by atomic mass is 35.5. The lowest BCUT2D eigenvalue weighted by Gasteiger charge is -2.31. The molecule has 34 heavy (non-hydrogen) atoms. The summed E-state index contributed by atoms with van der Waals surface area (Å²) in [7, 11) is 0. The van der Waals surface area contributed by atoms with Crippen molar-refractivity contribution in [1.29, 1.82) is 0 Å². The van der Waals surface area contributed by atoms with Crippen molar-refractivity contribution in [2.24, 2.45) is 0 Å². The van der Waals surface area contributed by atoms with Crippen LogP contribution in [0.1, 0.15) is 24.5 Å². The van der Waals surface area contributed by atoms with Crippen molar-refractivity contribution in [3.63, 3.8) is 0 Å². The highest BCUT2D eigenvalue weighted by Crippen LogP contribution is 2.19. The number of halogens is 2. The van der Waals surface area contributed by atoms with Crippen molar-refractivity contribution < 1.29 is 18.7 Å². The Hall–Kier alpha value is -3.38. The van der Waals surface area contributed by atoms with E-state index in [0.717, 1.165) is 17.5 Å². The normalized spacial score (nSPS) is 11.5. The molecule has 1 unspecified atom stereocenters. The van der Waals surface area contributed by atoms with Gasteiger partial charge in [0.2, 0.25) is 5.91 Å². The Labute approximate surface area is 204 Å². The van der Waals surface area contributed by atoms with E-state index in [4.69, 9.17) is 16.3 Å². The van der Waals surface area contributed by atoms with Crippen molar-refractivity contribution in [2.45, 2.75) is 32.4 Å². The molecule has 0 bridgehead atoms. The largest absolute Gasteiger partial charge is 0.481 e. The van der Waals surface area contributed by atoms with Crippen LogP contribution in [0.15, 0.2) is 78.9 Å². The zero-order valence-electron chi connectivity index (χ0n) is 19.0. The summed E-state index contributed by atoms with van der Waals surface area (Å²) in [6, 6.07) is 21.7. The Morgan fingerprint density at radius 2 is 1.71 bits per heavy atom. The van der Waals surface area contributed by atoms with E-state index in [1.54, 1.807) is 30.3 Å². The Morgan fingerprint density at radius 1 is 1.00 bits per heavy atom. The first-order valence-corrected chi connectivity index (χ1v) is 11.6. The van der Waals surface area contributed by atoms with Gasteiger partial charge in [0.05, 0.1) is 0 Å². The van der Waals surface area contributed by atoms with Crippen LogP contribution in [0.2, 0.25) is 5.02 Å². The number of para-hydroxylation sites is 1. The average molecular weight is 483 g/mol. The van der Waals surface area contributed by atoms with Gasteiger partial charge in [0.15, 0.2) is 18.2 Å². The molecule has 5 nitrogen and oxygen atoms in total. The fraction of sp³-hybridized carbons (Fsp3) is 0.259. The van der Waals surface area contributed by atoms with Gasteiger partial charge in [-0.1, -0.05) is 73.1 Å². The molecule has 7 heteroatoms. The predicted molar refractivity (Wildman–Crippen MR) is 131 cm³/mol. The number of hydrogen-bond donors (Lipinski definition) is 1. The molecule has 0 spiro atoms. The predicted octanol–water partition coefficient (Wildman–Crippen LogP) is 5.02. The maximum atomic E-state index is 14.0. The van der Waals surface area contributed by atoms with E-state index in [1.807, 2.05) is 43.3 Å². The molecule has 3 aromatic rings. The fourth-order valence-corrected chi connectivity index (χ4v) is 3.75. The van der Waals surface area contributed by atoms with Crippen LogP contribution in [0.3, 0.4) is 0 Å². The van der Waals surface area contributed by atoms with E-state index < -0.39 is 24.4 Å². The Bertz CT molecular complexity index is 1090. The lowest BCUT2D eigenvalue weighted by Crippen LogP contribution is -2.51. The number of hydrogen-bond acceptors (Lipinski definition) is 3. The second-order valence-corrected chi connectivity index (χ2v) is 8.30. The number of nitrogens with zero attached hydrogens (tertiary/aromatic N) is 1. The highest BCUT2D eigenvalue weighted by Gasteiger charge is 2.30. The fourth-order valence-electron chi connectivity index (χ4n) is 3.54.